The summed E-state index contributed by atoms with van der Waals surface area (Å²) in [5.41, 5.74) is 2.78. The molecule has 1 heterocycles. The normalized spacial score (nSPS) is 12.7. The van der Waals surface area contributed by atoms with E-state index in [0.29, 0.717) is 28.5 Å². The van der Waals surface area contributed by atoms with Gasteiger partial charge in [0.05, 0.1) is 30.7 Å². The van der Waals surface area contributed by atoms with Crippen LogP contribution in [0.25, 0.3) is 0 Å². The lowest BCUT2D eigenvalue weighted by Crippen LogP contribution is -2.16. The van der Waals surface area contributed by atoms with Crippen molar-refractivity contribution in [2.45, 2.75) is 43.9 Å². The maximum Gasteiger partial charge on any atom is 0.261 e. The van der Waals surface area contributed by atoms with Crippen molar-refractivity contribution in [3.63, 3.8) is 0 Å². The average molecular weight is 520 g/mol. The van der Waals surface area contributed by atoms with Crippen LogP contribution >= 0.6 is 0 Å². The molecule has 4 rings (SSSR count). The third-order valence-corrected chi connectivity index (χ3v) is 7.61. The molecule has 3 aromatic carbocycles. The number of nitrogens with one attached hydrogen (secondary N) is 1. The Hall–Kier alpha value is -3.71. The van der Waals surface area contributed by atoms with Crippen LogP contribution in [0.4, 0.5) is 5.69 Å². The zero-order valence-corrected chi connectivity index (χ0v) is 22.8. The molecule has 1 N–H and O–H groups in total. The minimum Gasteiger partial charge on any atom is -0.493 e. The molecular weight excluding hydrogens is 486 g/mol. The molecule has 0 aliphatic rings. The molecule has 0 radical (unpaired) electrons. The fraction of sp³-hybridized carbons (Fsp3) is 0.267. The highest BCUT2D eigenvalue weighted by Gasteiger charge is 2.29. The monoisotopic (exact) mass is 519 g/mol. The van der Waals surface area contributed by atoms with Crippen molar-refractivity contribution < 1.29 is 22.3 Å². The van der Waals surface area contributed by atoms with Crippen molar-refractivity contribution in [1.82, 2.24) is 0 Å². The molecule has 0 aliphatic heterocycles. The second kappa shape index (κ2) is 10.3. The Kier molecular flexibility index (Phi) is 7.37. The van der Waals surface area contributed by atoms with E-state index in [1.54, 1.807) is 37.4 Å². The molecule has 194 valence electrons. The summed E-state index contributed by atoms with van der Waals surface area (Å²) in [4.78, 5) is 0.170. The Balaban J connectivity index is 1.93. The number of rotatable bonds is 8. The van der Waals surface area contributed by atoms with Crippen LogP contribution in [0.15, 0.2) is 88.2 Å². The molecule has 0 fully saturated rings. The van der Waals surface area contributed by atoms with Crippen molar-refractivity contribution in [3.05, 3.63) is 107 Å². The number of aryl methyl sites for hydroxylation is 1. The van der Waals surface area contributed by atoms with Crippen LogP contribution in [-0.2, 0) is 15.4 Å². The van der Waals surface area contributed by atoms with E-state index in [2.05, 4.69) is 25.5 Å². The number of ether oxygens (including phenoxy) is 2. The zero-order valence-electron chi connectivity index (χ0n) is 22.0. The van der Waals surface area contributed by atoms with Crippen LogP contribution < -0.4 is 14.2 Å². The van der Waals surface area contributed by atoms with Gasteiger partial charge in [0.15, 0.2) is 11.5 Å². The highest BCUT2D eigenvalue weighted by Crippen LogP contribution is 2.43. The largest absolute Gasteiger partial charge is 0.493 e. The Morgan fingerprint density at radius 1 is 0.838 bits per heavy atom. The van der Waals surface area contributed by atoms with Crippen molar-refractivity contribution in [3.8, 4) is 11.5 Å². The van der Waals surface area contributed by atoms with Crippen molar-refractivity contribution >= 4 is 15.7 Å². The Bertz CT molecular complexity index is 1470. The minimum absolute atomic E-state index is 0.170. The topological polar surface area (TPSA) is 77.8 Å². The average Bonchev–Trinajstić information content (AvgIpc) is 3.36. The lowest BCUT2D eigenvalue weighted by Gasteiger charge is -2.23. The van der Waals surface area contributed by atoms with E-state index in [4.69, 9.17) is 13.9 Å². The summed E-state index contributed by atoms with van der Waals surface area (Å²) in [6.07, 6.45) is 0. The number of anilines is 1. The first-order chi connectivity index (χ1) is 17.5. The van der Waals surface area contributed by atoms with E-state index in [9.17, 15) is 8.42 Å². The standard InChI is InChI=1S/C30H33NO5S/c1-20-12-14-22(15-13-20)37(32,33)31-24-19-27(35-6)26(34-5)18-23(24)29(21-10-8-7-9-11-21)25-16-17-28(36-25)30(2,3)4/h7-19,29,31H,1-6H3. The van der Waals surface area contributed by atoms with Crippen molar-refractivity contribution in [2.75, 3.05) is 18.9 Å². The molecular formula is C30H33NO5S. The summed E-state index contributed by atoms with van der Waals surface area (Å²) >= 11 is 0. The van der Waals surface area contributed by atoms with E-state index >= 15 is 0 Å². The number of sulfonamides is 1. The van der Waals surface area contributed by atoms with E-state index < -0.39 is 15.9 Å². The highest BCUT2D eigenvalue weighted by atomic mass is 32.2. The van der Waals surface area contributed by atoms with E-state index in [-0.39, 0.29) is 10.3 Å². The zero-order chi connectivity index (χ0) is 26.8. The molecule has 7 heteroatoms. The Labute approximate surface area is 219 Å². The maximum absolute atomic E-state index is 13.4. The number of methoxy groups -OCH3 is 2. The number of hydrogen-bond donors (Lipinski definition) is 1. The van der Waals surface area contributed by atoms with Crippen molar-refractivity contribution in [2.24, 2.45) is 0 Å². The number of benzene rings is 3. The minimum atomic E-state index is -3.89. The van der Waals surface area contributed by atoms with Crippen LogP contribution in [0.2, 0.25) is 0 Å². The summed E-state index contributed by atoms with van der Waals surface area (Å²) in [6, 6.07) is 24.0. The third kappa shape index (κ3) is 5.67. The smallest absolute Gasteiger partial charge is 0.261 e. The lowest BCUT2D eigenvalue weighted by molar-refractivity contribution is 0.354. The molecule has 4 aromatic rings. The first-order valence-corrected chi connectivity index (χ1v) is 13.5. The summed E-state index contributed by atoms with van der Waals surface area (Å²) < 4.78 is 47.2. The summed E-state index contributed by atoms with van der Waals surface area (Å²) in [5.74, 6) is 2.02. The molecule has 1 aromatic heterocycles. The molecule has 0 bridgehead atoms. The van der Waals surface area contributed by atoms with Gasteiger partial charge < -0.3 is 13.9 Å². The van der Waals surface area contributed by atoms with Gasteiger partial charge in [-0.2, -0.15) is 0 Å². The summed E-state index contributed by atoms with van der Waals surface area (Å²) in [6.45, 7) is 8.18. The van der Waals surface area contributed by atoms with Gasteiger partial charge in [0.2, 0.25) is 0 Å². The maximum atomic E-state index is 13.4. The summed E-state index contributed by atoms with van der Waals surface area (Å²) in [5, 5.41) is 0. The van der Waals surface area contributed by atoms with Crippen LogP contribution in [0.3, 0.4) is 0 Å². The van der Waals surface area contributed by atoms with Gasteiger partial charge in [-0.25, -0.2) is 8.42 Å². The molecule has 1 unspecified atom stereocenters. The summed E-state index contributed by atoms with van der Waals surface area (Å²) in [7, 11) is -0.814. The quantitative estimate of drug-likeness (QED) is 0.274. The number of furan rings is 1. The Morgan fingerprint density at radius 3 is 2.03 bits per heavy atom. The van der Waals surface area contributed by atoms with Crippen LogP contribution in [0.1, 0.15) is 54.9 Å². The molecule has 0 amide bonds. The lowest BCUT2D eigenvalue weighted by atomic mass is 9.88. The SMILES string of the molecule is COc1cc(NS(=O)(=O)c2ccc(C)cc2)c(C(c2ccccc2)c2ccc(C(C)(C)C)o2)cc1OC. The van der Waals surface area contributed by atoms with Gasteiger partial charge in [0, 0.05) is 11.5 Å². The van der Waals surface area contributed by atoms with E-state index in [1.165, 1.54) is 7.11 Å². The molecule has 0 spiro atoms. The van der Waals surface area contributed by atoms with Gasteiger partial charge in [-0.05, 0) is 48.4 Å². The fourth-order valence-corrected chi connectivity index (χ4v) is 5.28. The van der Waals surface area contributed by atoms with Crippen molar-refractivity contribution in [1.29, 1.82) is 0 Å². The molecule has 6 nitrogen and oxygen atoms in total. The first-order valence-electron chi connectivity index (χ1n) is 12.0. The van der Waals surface area contributed by atoms with Gasteiger partial charge in [-0.1, -0.05) is 68.8 Å². The highest BCUT2D eigenvalue weighted by molar-refractivity contribution is 7.92. The third-order valence-electron chi connectivity index (χ3n) is 6.23. The molecule has 37 heavy (non-hydrogen) atoms. The van der Waals surface area contributed by atoms with Gasteiger partial charge in [0.25, 0.3) is 10.0 Å². The van der Waals surface area contributed by atoms with E-state index in [0.717, 1.165) is 16.9 Å². The van der Waals surface area contributed by atoms with E-state index in [1.807, 2.05) is 55.5 Å². The van der Waals surface area contributed by atoms with Gasteiger partial charge in [0.1, 0.15) is 11.5 Å². The van der Waals surface area contributed by atoms with Crippen LogP contribution in [-0.4, -0.2) is 22.6 Å². The van der Waals surface area contributed by atoms with Crippen LogP contribution in [0, 0.1) is 6.92 Å². The van der Waals surface area contributed by atoms with Gasteiger partial charge >= 0.3 is 0 Å². The van der Waals surface area contributed by atoms with Gasteiger partial charge in [-0.15, -0.1) is 0 Å². The fourth-order valence-electron chi connectivity index (χ4n) is 4.20. The number of hydrogen-bond acceptors (Lipinski definition) is 5. The first kappa shape index (κ1) is 26.4. The second-order valence-corrected chi connectivity index (χ2v) is 11.7. The molecule has 0 aliphatic carbocycles. The predicted octanol–water partition coefficient (Wildman–Crippen LogP) is 6.88. The molecule has 1 atom stereocenters. The molecule has 0 saturated heterocycles. The Morgan fingerprint density at radius 2 is 1.46 bits per heavy atom. The van der Waals surface area contributed by atoms with Gasteiger partial charge in [-0.3, -0.25) is 4.72 Å². The molecule has 0 saturated carbocycles. The predicted molar refractivity (Wildman–Crippen MR) is 146 cm³/mol. The van der Waals surface area contributed by atoms with Crippen LogP contribution in [0.5, 0.6) is 11.5 Å². The second-order valence-electron chi connectivity index (χ2n) is 10.0.